The molecule has 2 atom stereocenters. The molecule has 0 saturated carbocycles. The van der Waals surface area contributed by atoms with E-state index in [-0.39, 0.29) is 11.2 Å². The zero-order chi connectivity index (χ0) is 30.8. The van der Waals surface area contributed by atoms with Crippen LogP contribution in [-0.2, 0) is 26.0 Å². The van der Waals surface area contributed by atoms with Gasteiger partial charge in [0.05, 0.1) is 10.1 Å². The highest BCUT2D eigenvalue weighted by Gasteiger charge is 2.50. The minimum Gasteiger partial charge on any atom is -0.475 e. The van der Waals surface area contributed by atoms with Crippen LogP contribution in [0.3, 0.4) is 0 Å². The summed E-state index contributed by atoms with van der Waals surface area (Å²) in [6.45, 7) is 4.37. The number of hydrogen-bond donors (Lipinski definition) is 2. The van der Waals surface area contributed by atoms with E-state index in [0.717, 1.165) is 29.8 Å². The molecule has 1 fully saturated rings. The Morgan fingerprint density at radius 1 is 1.00 bits per heavy atom. The van der Waals surface area contributed by atoms with Crippen LogP contribution in [0.4, 0.5) is 26.3 Å². The van der Waals surface area contributed by atoms with Crippen molar-refractivity contribution in [1.29, 1.82) is 0 Å². The molecule has 41 heavy (non-hydrogen) atoms. The number of aromatic nitrogens is 1. The van der Waals surface area contributed by atoms with E-state index < -0.39 is 34.1 Å². The number of fused-ring (bicyclic) bond motifs is 3. The second kappa shape index (κ2) is 12.2. The van der Waals surface area contributed by atoms with Crippen LogP contribution >= 0.6 is 11.3 Å². The van der Waals surface area contributed by atoms with E-state index in [9.17, 15) is 34.8 Å². The molecule has 8 nitrogen and oxygen atoms in total. The Morgan fingerprint density at radius 2 is 1.61 bits per heavy atom. The molecule has 0 aliphatic carbocycles. The van der Waals surface area contributed by atoms with Crippen LogP contribution in [-0.4, -0.2) is 71.1 Å². The molecular weight excluding hydrogens is 602 g/mol. The van der Waals surface area contributed by atoms with Gasteiger partial charge in [-0.3, -0.25) is 9.88 Å². The van der Waals surface area contributed by atoms with Gasteiger partial charge in [-0.15, -0.1) is 11.3 Å². The van der Waals surface area contributed by atoms with Crippen molar-refractivity contribution in [3.8, 4) is 11.1 Å². The summed E-state index contributed by atoms with van der Waals surface area (Å²) in [5, 5.41) is 16.0. The summed E-state index contributed by atoms with van der Waals surface area (Å²) in [7, 11) is -3.26. The van der Waals surface area contributed by atoms with E-state index in [0.29, 0.717) is 11.4 Å². The molecule has 16 heteroatoms. The van der Waals surface area contributed by atoms with Gasteiger partial charge in [0.25, 0.3) is 0 Å². The minimum atomic E-state index is -5.08. The zero-order valence-corrected chi connectivity index (χ0v) is 22.6. The minimum absolute atomic E-state index is 0.0573. The van der Waals surface area contributed by atoms with Crippen LogP contribution in [0.2, 0.25) is 0 Å². The molecule has 2 aliphatic heterocycles. The van der Waals surface area contributed by atoms with Crippen molar-refractivity contribution in [3.05, 3.63) is 70.2 Å². The topological polar surface area (TPSA) is 125 Å². The number of sulfone groups is 1. The second-order valence-electron chi connectivity index (χ2n) is 9.01. The third-order valence-electron chi connectivity index (χ3n) is 6.27. The number of thiophene rings is 1. The fraction of sp³-hybridized carbons (Fsp3) is 0.320. The van der Waals surface area contributed by atoms with E-state index in [1.165, 1.54) is 10.4 Å². The molecule has 4 heterocycles. The van der Waals surface area contributed by atoms with Gasteiger partial charge in [0.2, 0.25) is 0 Å². The van der Waals surface area contributed by atoms with Crippen molar-refractivity contribution in [1.82, 2.24) is 9.88 Å². The van der Waals surface area contributed by atoms with E-state index in [4.69, 9.17) is 19.8 Å². The fourth-order valence-corrected chi connectivity index (χ4v) is 7.48. The highest BCUT2D eigenvalue weighted by Crippen LogP contribution is 2.46. The largest absolute Gasteiger partial charge is 0.490 e. The number of pyridine rings is 1. The van der Waals surface area contributed by atoms with E-state index >= 15 is 0 Å². The molecule has 2 unspecified atom stereocenters. The summed E-state index contributed by atoms with van der Waals surface area (Å²) in [5.74, 6) is -5.46. The van der Waals surface area contributed by atoms with Crippen molar-refractivity contribution in [2.24, 2.45) is 0 Å². The summed E-state index contributed by atoms with van der Waals surface area (Å²) in [6.07, 6.45) is -6.60. The molecule has 1 saturated heterocycles. The van der Waals surface area contributed by atoms with Gasteiger partial charge < -0.3 is 10.2 Å². The lowest BCUT2D eigenvalue weighted by molar-refractivity contribution is -0.193. The lowest BCUT2D eigenvalue weighted by Gasteiger charge is -2.17. The van der Waals surface area contributed by atoms with Crippen LogP contribution in [0, 0.1) is 6.92 Å². The van der Waals surface area contributed by atoms with Crippen LogP contribution < -0.4 is 0 Å². The predicted octanol–water partition coefficient (Wildman–Crippen LogP) is 5.14. The molecule has 0 spiro atoms. The predicted molar refractivity (Wildman–Crippen MR) is 135 cm³/mol. The van der Waals surface area contributed by atoms with Crippen molar-refractivity contribution >= 4 is 33.1 Å². The maximum absolute atomic E-state index is 13.1. The van der Waals surface area contributed by atoms with Gasteiger partial charge in [-0.25, -0.2) is 18.0 Å². The summed E-state index contributed by atoms with van der Waals surface area (Å²) in [5.41, 5.74) is 4.32. The number of aryl methyl sites for hydroxylation is 1. The molecular formula is C25H22F6N2O6S2. The standard InChI is InChI=1S/C21H20N2O2S2.2C2HF3O2/c1-14-6-8-26-19(14)12-23-11-18-17-9-15(16-3-2-7-22-10-16)4-5-20(17)27(24,25)21(18)13-23;2*3-2(4,5)1(6)7/h2-10,18,21H,11-13H2,1H3;2*(H,6,7). The fourth-order valence-electron chi connectivity index (χ4n) is 4.34. The third kappa shape index (κ3) is 7.62. The summed E-state index contributed by atoms with van der Waals surface area (Å²) in [4.78, 5) is 26.1. The lowest BCUT2D eigenvalue weighted by atomic mass is 9.95. The van der Waals surface area contributed by atoms with Gasteiger partial charge in [-0.1, -0.05) is 12.1 Å². The smallest absolute Gasteiger partial charge is 0.475 e. The molecule has 5 rings (SSSR count). The first kappa shape index (κ1) is 32.0. The first-order valence-corrected chi connectivity index (χ1v) is 14.0. The van der Waals surface area contributed by atoms with Crippen molar-refractivity contribution in [2.75, 3.05) is 13.1 Å². The second-order valence-corrected chi connectivity index (χ2v) is 12.1. The van der Waals surface area contributed by atoms with Crippen LogP contribution in [0.25, 0.3) is 11.1 Å². The number of nitrogens with zero attached hydrogens (tertiary/aromatic N) is 2. The van der Waals surface area contributed by atoms with Crippen molar-refractivity contribution in [2.45, 2.75) is 41.9 Å². The summed E-state index contributed by atoms with van der Waals surface area (Å²) >= 11 is 1.75. The summed E-state index contributed by atoms with van der Waals surface area (Å²) < 4.78 is 89.7. The monoisotopic (exact) mass is 624 g/mol. The highest BCUT2D eigenvalue weighted by atomic mass is 32.2. The number of hydrogen-bond acceptors (Lipinski definition) is 7. The van der Waals surface area contributed by atoms with Gasteiger partial charge in [-0.05, 0) is 58.8 Å². The Kier molecular flexibility index (Phi) is 9.50. The average Bonchev–Trinajstić information content (AvgIpc) is 3.55. The van der Waals surface area contributed by atoms with Gasteiger partial charge in [0.15, 0.2) is 9.84 Å². The number of carboxylic acid groups (broad SMARTS) is 2. The molecule has 2 N–H and O–H groups in total. The average molecular weight is 625 g/mol. The number of likely N-dealkylation sites (tertiary alicyclic amines) is 1. The number of benzene rings is 1. The molecule has 222 valence electrons. The number of halogens is 6. The lowest BCUT2D eigenvalue weighted by Crippen LogP contribution is -2.25. The van der Waals surface area contributed by atoms with Gasteiger partial charge in [0.1, 0.15) is 0 Å². The first-order chi connectivity index (χ1) is 18.9. The zero-order valence-electron chi connectivity index (χ0n) is 21.0. The van der Waals surface area contributed by atoms with Crippen molar-refractivity contribution in [3.63, 3.8) is 0 Å². The molecule has 2 aliphatic rings. The Morgan fingerprint density at radius 3 is 2.10 bits per heavy atom. The van der Waals surface area contributed by atoms with Crippen LogP contribution in [0.1, 0.15) is 21.9 Å². The van der Waals surface area contributed by atoms with Gasteiger partial charge in [-0.2, -0.15) is 26.3 Å². The van der Waals surface area contributed by atoms with E-state index in [1.54, 1.807) is 23.6 Å². The Bertz CT molecular complexity index is 1480. The maximum atomic E-state index is 13.1. The van der Waals surface area contributed by atoms with Crippen molar-refractivity contribution < 1.29 is 54.6 Å². The maximum Gasteiger partial charge on any atom is 0.490 e. The van der Waals surface area contributed by atoms with Crippen LogP contribution in [0.15, 0.2) is 59.1 Å². The SMILES string of the molecule is Cc1ccsc1CN1CC2c3cc(-c4cccnc4)ccc3S(=O)(=O)C2C1.O=C(O)C(F)(F)F.O=C(O)C(F)(F)F. The Balaban J connectivity index is 0.000000276. The highest BCUT2D eigenvalue weighted by molar-refractivity contribution is 7.92. The normalized spacial score (nSPS) is 19.2. The number of carbonyl (C=O) groups is 2. The first-order valence-electron chi connectivity index (χ1n) is 11.6. The van der Waals surface area contributed by atoms with Gasteiger partial charge in [0, 0.05) is 42.8 Å². The molecule has 1 aromatic carbocycles. The molecule has 0 amide bonds. The van der Waals surface area contributed by atoms with Crippen LogP contribution in [0.5, 0.6) is 0 Å². The molecule has 2 aromatic heterocycles. The quantitative estimate of drug-likeness (QED) is 0.384. The number of carboxylic acids is 2. The Hall–Kier alpha value is -3.50. The Labute approximate surface area is 233 Å². The number of alkyl halides is 6. The molecule has 3 aromatic rings. The van der Waals surface area contributed by atoms with E-state index in [2.05, 4.69) is 34.3 Å². The summed E-state index contributed by atoms with van der Waals surface area (Å²) in [6, 6.07) is 11.8. The van der Waals surface area contributed by atoms with E-state index in [1.807, 2.05) is 24.4 Å². The number of aliphatic carboxylic acids is 2. The van der Waals surface area contributed by atoms with Gasteiger partial charge >= 0.3 is 24.3 Å². The molecule has 0 bridgehead atoms. The third-order valence-corrected chi connectivity index (χ3v) is 9.54. The molecule has 0 radical (unpaired) electrons. The number of rotatable bonds is 3.